The average Bonchev–Trinajstić information content (AvgIpc) is 3.01. The van der Waals surface area contributed by atoms with Crippen molar-refractivity contribution in [3.63, 3.8) is 0 Å². The van der Waals surface area contributed by atoms with Crippen LogP contribution in [-0.4, -0.2) is 61.5 Å². The Hall–Kier alpha value is -1.39. The summed E-state index contributed by atoms with van der Waals surface area (Å²) >= 11 is 0. The molecular weight excluding hydrogens is 322 g/mol. The number of hydrogen-bond acceptors (Lipinski definition) is 3. The standard InChI is InChI=1S/C22H35N3O/c1-3-14-25-18-22(11-15-24(2)16-12-22)17-20(25)21(26)23-13-7-10-19-8-5-4-6-9-19/h4-6,8-9,20H,3,7,10-18H2,1-2H3,(H,23,26)/t20-/m0/s1. The van der Waals surface area contributed by atoms with Crippen molar-refractivity contribution in [1.29, 1.82) is 0 Å². The average molecular weight is 358 g/mol. The second kappa shape index (κ2) is 9.01. The molecule has 0 bridgehead atoms. The molecule has 1 atom stereocenters. The van der Waals surface area contributed by atoms with Gasteiger partial charge in [0.2, 0.25) is 5.91 Å². The lowest BCUT2D eigenvalue weighted by atomic mass is 9.76. The van der Waals surface area contributed by atoms with Gasteiger partial charge in [-0.15, -0.1) is 0 Å². The second-order valence-corrected chi connectivity index (χ2v) is 8.37. The molecule has 0 saturated carbocycles. The molecule has 4 nitrogen and oxygen atoms in total. The molecule has 2 fully saturated rings. The van der Waals surface area contributed by atoms with E-state index < -0.39 is 0 Å². The molecule has 1 amide bonds. The normalized spacial score (nSPS) is 23.4. The highest BCUT2D eigenvalue weighted by Gasteiger charge is 2.47. The van der Waals surface area contributed by atoms with E-state index in [9.17, 15) is 4.79 Å². The van der Waals surface area contributed by atoms with Gasteiger partial charge in [-0.2, -0.15) is 0 Å². The third-order valence-electron chi connectivity index (χ3n) is 6.25. The van der Waals surface area contributed by atoms with Crippen LogP contribution in [0, 0.1) is 5.41 Å². The molecule has 0 aromatic heterocycles. The third kappa shape index (κ3) is 4.86. The molecule has 1 aromatic rings. The van der Waals surface area contributed by atoms with Crippen molar-refractivity contribution in [2.24, 2.45) is 5.41 Å². The van der Waals surface area contributed by atoms with E-state index in [0.717, 1.165) is 45.3 Å². The number of nitrogens with zero attached hydrogens (tertiary/aromatic N) is 2. The van der Waals surface area contributed by atoms with Crippen molar-refractivity contribution >= 4 is 5.91 Å². The summed E-state index contributed by atoms with van der Waals surface area (Å²) in [5.74, 6) is 0.252. The zero-order chi connectivity index (χ0) is 18.4. The predicted molar refractivity (Wildman–Crippen MR) is 107 cm³/mol. The van der Waals surface area contributed by atoms with Crippen LogP contribution in [0.5, 0.6) is 0 Å². The number of carbonyl (C=O) groups excluding carboxylic acids is 1. The Kier molecular flexibility index (Phi) is 6.71. The maximum absolute atomic E-state index is 12.9. The van der Waals surface area contributed by atoms with E-state index in [2.05, 4.69) is 53.4 Å². The Morgan fingerprint density at radius 2 is 1.96 bits per heavy atom. The summed E-state index contributed by atoms with van der Waals surface area (Å²) in [6, 6.07) is 10.6. The molecule has 2 aliphatic rings. The highest BCUT2D eigenvalue weighted by atomic mass is 16.2. The zero-order valence-electron chi connectivity index (χ0n) is 16.5. The van der Waals surface area contributed by atoms with E-state index >= 15 is 0 Å². The van der Waals surface area contributed by atoms with Crippen LogP contribution >= 0.6 is 0 Å². The molecule has 0 aliphatic carbocycles. The van der Waals surface area contributed by atoms with Crippen molar-refractivity contribution < 1.29 is 4.79 Å². The molecular formula is C22H35N3O. The van der Waals surface area contributed by atoms with Gasteiger partial charge in [-0.05, 0) is 76.2 Å². The van der Waals surface area contributed by atoms with Gasteiger partial charge in [-0.1, -0.05) is 37.3 Å². The number of benzene rings is 1. The van der Waals surface area contributed by atoms with Gasteiger partial charge in [-0.25, -0.2) is 0 Å². The molecule has 144 valence electrons. The van der Waals surface area contributed by atoms with E-state index in [-0.39, 0.29) is 11.9 Å². The summed E-state index contributed by atoms with van der Waals surface area (Å²) in [5, 5.41) is 3.22. The fourth-order valence-electron chi connectivity index (χ4n) is 4.65. The molecule has 1 aromatic carbocycles. The largest absolute Gasteiger partial charge is 0.355 e. The first-order valence-corrected chi connectivity index (χ1v) is 10.4. The minimum absolute atomic E-state index is 0.0788. The Labute approximate surface area is 158 Å². The van der Waals surface area contributed by atoms with Crippen molar-refractivity contribution in [2.75, 3.05) is 39.8 Å². The summed E-state index contributed by atoms with van der Waals surface area (Å²) < 4.78 is 0. The predicted octanol–water partition coefficient (Wildman–Crippen LogP) is 2.93. The first kappa shape index (κ1) is 19.4. The number of likely N-dealkylation sites (tertiary alicyclic amines) is 2. The van der Waals surface area contributed by atoms with Gasteiger partial charge < -0.3 is 10.2 Å². The van der Waals surface area contributed by atoms with E-state index in [1.165, 1.54) is 31.5 Å². The van der Waals surface area contributed by atoms with Crippen molar-refractivity contribution in [2.45, 2.75) is 51.5 Å². The lowest BCUT2D eigenvalue weighted by molar-refractivity contribution is -0.125. The van der Waals surface area contributed by atoms with E-state index in [1.54, 1.807) is 0 Å². The van der Waals surface area contributed by atoms with Crippen LogP contribution in [0.2, 0.25) is 0 Å². The van der Waals surface area contributed by atoms with Gasteiger partial charge >= 0.3 is 0 Å². The van der Waals surface area contributed by atoms with Crippen LogP contribution in [-0.2, 0) is 11.2 Å². The molecule has 2 saturated heterocycles. The molecule has 1 N–H and O–H groups in total. The molecule has 26 heavy (non-hydrogen) atoms. The third-order valence-corrected chi connectivity index (χ3v) is 6.25. The fourth-order valence-corrected chi connectivity index (χ4v) is 4.65. The number of carbonyl (C=O) groups is 1. The SMILES string of the molecule is CCCN1CC2(CCN(C)CC2)C[C@H]1C(=O)NCCCc1ccccc1. The summed E-state index contributed by atoms with van der Waals surface area (Å²) in [6.45, 7) is 7.49. The molecule has 2 aliphatic heterocycles. The summed E-state index contributed by atoms with van der Waals surface area (Å²) in [5.41, 5.74) is 1.72. The van der Waals surface area contributed by atoms with Gasteiger partial charge in [0.05, 0.1) is 6.04 Å². The Balaban J connectivity index is 1.49. The topological polar surface area (TPSA) is 35.6 Å². The van der Waals surface area contributed by atoms with Gasteiger partial charge in [-0.3, -0.25) is 9.69 Å². The quantitative estimate of drug-likeness (QED) is 0.762. The number of nitrogens with one attached hydrogen (secondary N) is 1. The van der Waals surface area contributed by atoms with Crippen LogP contribution in [0.25, 0.3) is 0 Å². The smallest absolute Gasteiger partial charge is 0.237 e. The van der Waals surface area contributed by atoms with Crippen molar-refractivity contribution in [3.05, 3.63) is 35.9 Å². The minimum atomic E-state index is 0.0788. The number of piperidine rings is 1. The first-order chi connectivity index (χ1) is 12.6. The van der Waals surface area contributed by atoms with E-state index in [4.69, 9.17) is 0 Å². The summed E-state index contributed by atoms with van der Waals surface area (Å²) in [7, 11) is 2.21. The lowest BCUT2D eigenvalue weighted by Crippen LogP contribution is -2.43. The van der Waals surface area contributed by atoms with Gasteiger partial charge in [0.25, 0.3) is 0 Å². The van der Waals surface area contributed by atoms with Gasteiger partial charge in [0, 0.05) is 13.1 Å². The second-order valence-electron chi connectivity index (χ2n) is 8.37. The monoisotopic (exact) mass is 357 g/mol. The fraction of sp³-hybridized carbons (Fsp3) is 0.682. The molecule has 1 spiro atoms. The Morgan fingerprint density at radius 1 is 1.23 bits per heavy atom. The number of amides is 1. The summed E-state index contributed by atoms with van der Waals surface area (Å²) in [4.78, 5) is 17.7. The maximum atomic E-state index is 12.9. The molecule has 0 unspecified atom stereocenters. The molecule has 0 radical (unpaired) electrons. The number of rotatable bonds is 7. The van der Waals surface area contributed by atoms with Crippen LogP contribution in [0.15, 0.2) is 30.3 Å². The lowest BCUT2D eigenvalue weighted by Gasteiger charge is -2.37. The number of hydrogen-bond donors (Lipinski definition) is 1. The number of aryl methyl sites for hydroxylation is 1. The first-order valence-electron chi connectivity index (χ1n) is 10.4. The molecule has 2 heterocycles. The summed E-state index contributed by atoms with van der Waals surface area (Å²) in [6.07, 6.45) is 6.68. The zero-order valence-corrected chi connectivity index (χ0v) is 16.5. The Morgan fingerprint density at radius 3 is 2.65 bits per heavy atom. The van der Waals surface area contributed by atoms with Crippen LogP contribution < -0.4 is 5.32 Å². The molecule has 4 heteroatoms. The minimum Gasteiger partial charge on any atom is -0.355 e. The highest BCUT2D eigenvalue weighted by molar-refractivity contribution is 5.82. The van der Waals surface area contributed by atoms with Crippen molar-refractivity contribution in [1.82, 2.24) is 15.1 Å². The van der Waals surface area contributed by atoms with E-state index in [0.29, 0.717) is 5.41 Å². The van der Waals surface area contributed by atoms with E-state index in [1.807, 2.05) is 6.07 Å². The Bertz CT molecular complexity index is 566. The molecule has 3 rings (SSSR count). The van der Waals surface area contributed by atoms with Gasteiger partial charge in [0.15, 0.2) is 0 Å². The van der Waals surface area contributed by atoms with Gasteiger partial charge in [0.1, 0.15) is 0 Å². The highest BCUT2D eigenvalue weighted by Crippen LogP contribution is 2.43. The van der Waals surface area contributed by atoms with Crippen LogP contribution in [0.4, 0.5) is 0 Å². The van der Waals surface area contributed by atoms with Crippen molar-refractivity contribution in [3.8, 4) is 0 Å². The maximum Gasteiger partial charge on any atom is 0.237 e. The van der Waals surface area contributed by atoms with Crippen LogP contribution in [0.1, 0.15) is 44.6 Å². The van der Waals surface area contributed by atoms with Crippen LogP contribution in [0.3, 0.4) is 0 Å².